The van der Waals surface area contributed by atoms with Crippen molar-refractivity contribution in [3.05, 3.63) is 69.9 Å². The Morgan fingerprint density at radius 1 is 1.19 bits per heavy atom. The summed E-state index contributed by atoms with van der Waals surface area (Å²) < 4.78 is 5.58. The molecule has 0 bridgehead atoms. The summed E-state index contributed by atoms with van der Waals surface area (Å²) >= 11 is 6.47. The van der Waals surface area contributed by atoms with Crippen LogP contribution in [0, 0.1) is 0 Å². The number of fused-ring (bicyclic) bond motifs is 2. The molecule has 0 saturated carbocycles. The molecule has 31 heavy (non-hydrogen) atoms. The van der Waals surface area contributed by atoms with Crippen molar-refractivity contribution in [2.24, 2.45) is 0 Å². The van der Waals surface area contributed by atoms with Gasteiger partial charge < -0.3 is 25.4 Å². The smallest absolute Gasteiger partial charge is 0.311 e. The zero-order chi connectivity index (χ0) is 22.2. The molecule has 0 fully saturated rings. The summed E-state index contributed by atoms with van der Waals surface area (Å²) in [6.45, 7) is 6.70. The van der Waals surface area contributed by atoms with Gasteiger partial charge in [-0.2, -0.15) is 0 Å². The first-order valence-electron chi connectivity index (χ1n) is 10.2. The molecule has 2 aliphatic heterocycles. The third-order valence-electron chi connectivity index (χ3n) is 5.18. The highest BCUT2D eigenvalue weighted by atomic mass is 35.5. The predicted octanol–water partition coefficient (Wildman–Crippen LogP) is 4.04. The van der Waals surface area contributed by atoms with Crippen molar-refractivity contribution in [3.8, 4) is 5.75 Å². The fraction of sp³-hybridized carbons (Fsp3) is 0.348. The molecule has 2 aliphatic rings. The highest BCUT2D eigenvalue weighted by molar-refractivity contribution is 6.33. The Kier molecular flexibility index (Phi) is 8.17. The molecule has 166 valence electrons. The quantitative estimate of drug-likeness (QED) is 0.302. The Labute approximate surface area is 186 Å². The number of hydrogen-bond donors (Lipinski definition) is 4. The SMILES string of the molecule is C=C(CC(=O)O)OO.Clc1ccc2c(c1NCc1ccc3c(c1)CCO3)CCNCC2. The van der Waals surface area contributed by atoms with Crippen LogP contribution in [-0.4, -0.2) is 36.0 Å². The van der Waals surface area contributed by atoms with Crippen LogP contribution in [0.15, 0.2) is 42.7 Å². The van der Waals surface area contributed by atoms with Gasteiger partial charge in [-0.25, -0.2) is 5.26 Å². The molecule has 0 radical (unpaired) electrons. The molecule has 8 heteroatoms. The van der Waals surface area contributed by atoms with E-state index in [1.807, 2.05) is 6.07 Å². The topological polar surface area (TPSA) is 100 Å². The lowest BCUT2D eigenvalue weighted by molar-refractivity contribution is -0.206. The predicted molar refractivity (Wildman–Crippen MR) is 120 cm³/mol. The van der Waals surface area contributed by atoms with Gasteiger partial charge in [0.05, 0.1) is 17.3 Å². The van der Waals surface area contributed by atoms with E-state index in [9.17, 15) is 4.79 Å². The van der Waals surface area contributed by atoms with E-state index >= 15 is 0 Å². The molecule has 2 heterocycles. The van der Waals surface area contributed by atoms with Gasteiger partial charge in [0.15, 0.2) is 0 Å². The van der Waals surface area contributed by atoms with Crippen LogP contribution in [0.25, 0.3) is 0 Å². The third kappa shape index (κ3) is 6.37. The van der Waals surface area contributed by atoms with Crippen LogP contribution in [0.4, 0.5) is 5.69 Å². The average molecular weight is 447 g/mol. The number of anilines is 1. The first kappa shape index (κ1) is 22.9. The van der Waals surface area contributed by atoms with E-state index in [1.54, 1.807) is 0 Å². The molecular weight excluding hydrogens is 420 g/mol. The van der Waals surface area contributed by atoms with Crippen LogP contribution in [-0.2, 0) is 35.5 Å². The number of benzene rings is 2. The lowest BCUT2D eigenvalue weighted by Gasteiger charge is -2.16. The van der Waals surface area contributed by atoms with Crippen molar-refractivity contribution >= 4 is 23.3 Å². The molecule has 2 aromatic carbocycles. The first-order chi connectivity index (χ1) is 15.0. The van der Waals surface area contributed by atoms with E-state index in [-0.39, 0.29) is 12.2 Å². The van der Waals surface area contributed by atoms with Gasteiger partial charge in [-0.15, -0.1) is 0 Å². The zero-order valence-corrected chi connectivity index (χ0v) is 18.0. The summed E-state index contributed by atoms with van der Waals surface area (Å²) in [5.74, 6) is -0.215. The van der Waals surface area contributed by atoms with Crippen molar-refractivity contribution in [1.82, 2.24) is 5.32 Å². The maximum Gasteiger partial charge on any atom is 0.311 e. The van der Waals surface area contributed by atoms with E-state index in [2.05, 4.69) is 46.4 Å². The van der Waals surface area contributed by atoms with E-state index in [0.29, 0.717) is 0 Å². The minimum Gasteiger partial charge on any atom is -0.493 e. The zero-order valence-electron chi connectivity index (χ0n) is 17.2. The largest absolute Gasteiger partial charge is 0.493 e. The third-order valence-corrected chi connectivity index (χ3v) is 5.50. The van der Waals surface area contributed by atoms with Crippen LogP contribution in [0.3, 0.4) is 0 Å². The molecule has 0 saturated heterocycles. The lowest BCUT2D eigenvalue weighted by Crippen LogP contribution is -2.16. The molecule has 0 amide bonds. The molecule has 2 aromatic rings. The number of aliphatic carboxylic acids is 1. The monoisotopic (exact) mass is 446 g/mol. The Morgan fingerprint density at radius 2 is 2.00 bits per heavy atom. The van der Waals surface area contributed by atoms with Crippen LogP contribution in [0.1, 0.15) is 28.7 Å². The second-order valence-electron chi connectivity index (χ2n) is 7.40. The number of carbonyl (C=O) groups is 1. The van der Waals surface area contributed by atoms with Gasteiger partial charge >= 0.3 is 5.97 Å². The maximum atomic E-state index is 9.72. The van der Waals surface area contributed by atoms with Crippen LogP contribution in [0.2, 0.25) is 5.02 Å². The minimum atomic E-state index is -1.08. The lowest BCUT2D eigenvalue weighted by atomic mass is 10.0. The fourth-order valence-corrected chi connectivity index (χ4v) is 3.92. The van der Waals surface area contributed by atoms with Gasteiger partial charge in [0.2, 0.25) is 0 Å². The van der Waals surface area contributed by atoms with Gasteiger partial charge in [-0.05, 0) is 60.3 Å². The molecule has 4 N–H and O–H groups in total. The molecule has 7 nitrogen and oxygen atoms in total. The number of ether oxygens (including phenoxy) is 1. The highest BCUT2D eigenvalue weighted by Gasteiger charge is 2.16. The molecule has 0 atom stereocenters. The van der Waals surface area contributed by atoms with Crippen LogP contribution in [0.5, 0.6) is 5.75 Å². The van der Waals surface area contributed by atoms with Crippen LogP contribution >= 0.6 is 11.6 Å². The minimum absolute atomic E-state index is 0.169. The first-order valence-corrected chi connectivity index (χ1v) is 10.6. The van der Waals surface area contributed by atoms with Crippen molar-refractivity contribution in [3.63, 3.8) is 0 Å². The van der Waals surface area contributed by atoms with Gasteiger partial charge in [0.1, 0.15) is 17.9 Å². The number of halogens is 1. The Morgan fingerprint density at radius 3 is 2.74 bits per heavy atom. The van der Waals surface area contributed by atoms with Gasteiger partial charge in [0, 0.05) is 13.0 Å². The summed E-state index contributed by atoms with van der Waals surface area (Å²) in [4.78, 5) is 13.2. The number of carboxylic acids is 1. The number of nitrogens with one attached hydrogen (secondary N) is 2. The van der Waals surface area contributed by atoms with Gasteiger partial charge in [0.25, 0.3) is 0 Å². The average Bonchev–Trinajstić information content (AvgIpc) is 3.09. The Hall–Kier alpha value is -2.74. The highest BCUT2D eigenvalue weighted by Crippen LogP contribution is 2.32. The van der Waals surface area contributed by atoms with Gasteiger partial charge in [-0.1, -0.05) is 36.4 Å². The Balaban J connectivity index is 0.000000293. The summed E-state index contributed by atoms with van der Waals surface area (Å²) in [7, 11) is 0. The van der Waals surface area contributed by atoms with Crippen molar-refractivity contribution < 1.29 is 24.8 Å². The Bertz CT molecular complexity index is 948. The fourth-order valence-electron chi connectivity index (χ4n) is 3.68. The molecule has 0 aromatic heterocycles. The second kappa shape index (κ2) is 11.0. The standard InChI is InChI=1S/C19H21ClN2O.C4H6O4/c20-17-3-2-14-5-8-21-9-6-16(14)19(17)22-12-13-1-4-18-15(11-13)7-10-23-18;1-3(8-7)2-4(5)6/h1-4,11,21-22H,5-10,12H2;7H,1-2H2,(H,5,6). The molecular formula is C23H27ClN2O5. The van der Waals surface area contributed by atoms with Crippen molar-refractivity contribution in [1.29, 1.82) is 0 Å². The molecule has 0 unspecified atom stereocenters. The van der Waals surface area contributed by atoms with E-state index in [4.69, 9.17) is 26.7 Å². The second-order valence-corrected chi connectivity index (χ2v) is 7.81. The number of carboxylic acid groups (broad SMARTS) is 1. The van der Waals surface area contributed by atoms with Crippen molar-refractivity contribution in [2.45, 2.75) is 32.2 Å². The van der Waals surface area contributed by atoms with E-state index < -0.39 is 5.97 Å². The molecule has 0 aliphatic carbocycles. The van der Waals surface area contributed by atoms with Crippen LogP contribution < -0.4 is 15.4 Å². The van der Waals surface area contributed by atoms with E-state index in [0.717, 1.165) is 62.0 Å². The van der Waals surface area contributed by atoms with Gasteiger partial charge in [-0.3, -0.25) is 4.79 Å². The van der Waals surface area contributed by atoms with E-state index in [1.165, 1.54) is 22.3 Å². The number of rotatable bonds is 6. The summed E-state index contributed by atoms with van der Waals surface area (Å²) in [6.07, 6.45) is 2.74. The summed E-state index contributed by atoms with van der Waals surface area (Å²) in [5, 5.41) is 23.5. The summed E-state index contributed by atoms with van der Waals surface area (Å²) in [5.41, 5.74) is 6.46. The normalized spacial score (nSPS) is 14.1. The van der Waals surface area contributed by atoms with Crippen molar-refractivity contribution in [2.75, 3.05) is 25.0 Å². The molecule has 0 spiro atoms. The number of hydrogen-bond acceptors (Lipinski definition) is 6. The maximum absolute atomic E-state index is 9.72. The summed E-state index contributed by atoms with van der Waals surface area (Å²) in [6, 6.07) is 10.6. The molecule has 4 rings (SSSR count).